The third-order valence-corrected chi connectivity index (χ3v) is 4.57. The molecule has 0 amide bonds. The summed E-state index contributed by atoms with van der Waals surface area (Å²) in [5, 5.41) is 0. The normalized spacial score (nSPS) is 12.6. The van der Waals surface area contributed by atoms with Gasteiger partial charge in [0.1, 0.15) is 0 Å². The molecular weight excluding hydrogens is 368 g/mol. The van der Waals surface area contributed by atoms with E-state index >= 15 is 0 Å². The first kappa shape index (κ1) is 17.2. The summed E-state index contributed by atoms with van der Waals surface area (Å²) in [5.41, 5.74) is 4.17. The first-order valence-corrected chi connectivity index (χ1v) is 8.68. The number of hydrogen-bond acceptors (Lipinski definition) is 2. The Balaban J connectivity index is 2.40. The highest BCUT2D eigenvalue weighted by Crippen LogP contribution is 2.29. The smallest absolute Gasteiger partial charge is 0.0471 e. The summed E-state index contributed by atoms with van der Waals surface area (Å²) in [6, 6.07) is 6.48. The fourth-order valence-electron chi connectivity index (χ4n) is 2.24. The first-order valence-electron chi connectivity index (χ1n) is 7.10. The molecule has 0 spiro atoms. The summed E-state index contributed by atoms with van der Waals surface area (Å²) in [6.45, 7) is 2.25. The van der Waals surface area contributed by atoms with E-state index in [2.05, 4.69) is 62.4 Å². The van der Waals surface area contributed by atoms with Gasteiger partial charge in [0, 0.05) is 15.0 Å². The molecule has 1 aromatic carbocycles. The predicted octanol–water partition coefficient (Wildman–Crippen LogP) is 5.47. The molecule has 0 aliphatic carbocycles. The third kappa shape index (κ3) is 6.39. The maximum atomic E-state index is 5.69. The minimum Gasteiger partial charge on any atom is -0.271 e. The maximum absolute atomic E-state index is 5.69. The average molecular weight is 392 g/mol. The molecule has 2 nitrogen and oxygen atoms in total. The molecule has 108 valence electrons. The molecule has 0 saturated heterocycles. The summed E-state index contributed by atoms with van der Waals surface area (Å²) in [5.74, 6) is 5.69. The maximum Gasteiger partial charge on any atom is 0.0471 e. The topological polar surface area (TPSA) is 38.0 Å². The van der Waals surface area contributed by atoms with Crippen molar-refractivity contribution in [3.63, 3.8) is 0 Å². The number of hydrazine groups is 1. The van der Waals surface area contributed by atoms with Crippen LogP contribution in [0.2, 0.25) is 0 Å². The lowest BCUT2D eigenvalue weighted by Gasteiger charge is -2.18. The predicted molar refractivity (Wildman–Crippen MR) is 89.9 cm³/mol. The van der Waals surface area contributed by atoms with Crippen LogP contribution in [0.15, 0.2) is 27.1 Å². The third-order valence-electron chi connectivity index (χ3n) is 3.39. The quantitative estimate of drug-likeness (QED) is 0.333. The summed E-state index contributed by atoms with van der Waals surface area (Å²) in [4.78, 5) is 0. The molecule has 0 saturated carbocycles. The lowest BCUT2D eigenvalue weighted by atomic mass is 10.00. The molecule has 1 atom stereocenters. The molecule has 4 heteroatoms. The van der Waals surface area contributed by atoms with Gasteiger partial charge >= 0.3 is 0 Å². The summed E-state index contributed by atoms with van der Waals surface area (Å²) >= 11 is 7.08. The van der Waals surface area contributed by atoms with Crippen LogP contribution >= 0.6 is 31.9 Å². The zero-order valence-corrected chi connectivity index (χ0v) is 14.8. The van der Waals surface area contributed by atoms with Gasteiger partial charge in [-0.15, -0.1) is 0 Å². The van der Waals surface area contributed by atoms with Gasteiger partial charge in [-0.3, -0.25) is 11.3 Å². The lowest BCUT2D eigenvalue weighted by Crippen LogP contribution is -2.28. The Labute approximate surface area is 133 Å². The monoisotopic (exact) mass is 390 g/mol. The van der Waals surface area contributed by atoms with E-state index in [-0.39, 0.29) is 6.04 Å². The lowest BCUT2D eigenvalue weighted by molar-refractivity contribution is 0.476. The Hall–Kier alpha value is 0.1000. The van der Waals surface area contributed by atoms with Crippen molar-refractivity contribution in [1.29, 1.82) is 0 Å². The van der Waals surface area contributed by atoms with Crippen LogP contribution in [0.5, 0.6) is 0 Å². The van der Waals surface area contributed by atoms with Crippen LogP contribution in [0.1, 0.15) is 63.5 Å². The summed E-state index contributed by atoms with van der Waals surface area (Å²) in [6.07, 6.45) is 8.97. The number of nitrogens with one attached hydrogen (secondary N) is 1. The van der Waals surface area contributed by atoms with Crippen molar-refractivity contribution < 1.29 is 0 Å². The number of rotatable bonds is 9. The minimum absolute atomic E-state index is 0.230. The van der Waals surface area contributed by atoms with E-state index in [0.29, 0.717) is 0 Å². The molecule has 0 heterocycles. The van der Waals surface area contributed by atoms with Crippen LogP contribution in [-0.4, -0.2) is 0 Å². The fourth-order valence-corrected chi connectivity index (χ4v) is 3.56. The molecule has 19 heavy (non-hydrogen) atoms. The van der Waals surface area contributed by atoms with Crippen LogP contribution in [0, 0.1) is 0 Å². The van der Waals surface area contributed by atoms with E-state index in [1.165, 1.54) is 44.1 Å². The van der Waals surface area contributed by atoms with Crippen molar-refractivity contribution in [2.75, 3.05) is 0 Å². The number of unbranched alkanes of at least 4 members (excludes halogenated alkanes) is 5. The molecule has 0 aliphatic rings. The Morgan fingerprint density at radius 3 is 2.42 bits per heavy atom. The molecule has 0 radical (unpaired) electrons. The van der Waals surface area contributed by atoms with Crippen molar-refractivity contribution in [3.05, 3.63) is 32.7 Å². The van der Waals surface area contributed by atoms with E-state index in [1.54, 1.807) is 0 Å². The molecule has 1 aromatic rings. The Bertz CT molecular complexity index is 369. The largest absolute Gasteiger partial charge is 0.271 e. The van der Waals surface area contributed by atoms with Gasteiger partial charge in [0.05, 0.1) is 0 Å². The second-order valence-electron chi connectivity index (χ2n) is 4.94. The minimum atomic E-state index is 0.230. The number of halogens is 2. The van der Waals surface area contributed by atoms with Crippen molar-refractivity contribution in [1.82, 2.24) is 5.43 Å². The summed E-state index contributed by atoms with van der Waals surface area (Å²) < 4.78 is 2.19. The van der Waals surface area contributed by atoms with E-state index < -0.39 is 0 Å². The van der Waals surface area contributed by atoms with Crippen LogP contribution in [-0.2, 0) is 0 Å². The van der Waals surface area contributed by atoms with Crippen LogP contribution in [0.4, 0.5) is 0 Å². The van der Waals surface area contributed by atoms with Crippen LogP contribution < -0.4 is 11.3 Å². The molecule has 0 aromatic heterocycles. The van der Waals surface area contributed by atoms with Crippen LogP contribution in [0.25, 0.3) is 0 Å². The Morgan fingerprint density at radius 2 is 1.79 bits per heavy atom. The molecule has 0 aliphatic heterocycles. The van der Waals surface area contributed by atoms with Crippen molar-refractivity contribution in [2.24, 2.45) is 5.84 Å². The second-order valence-corrected chi connectivity index (χ2v) is 6.71. The van der Waals surface area contributed by atoms with E-state index in [1.807, 2.05) is 0 Å². The zero-order chi connectivity index (χ0) is 14.1. The number of nitrogens with two attached hydrogens (primary N) is 1. The van der Waals surface area contributed by atoms with E-state index in [0.717, 1.165) is 15.4 Å². The SMILES string of the molecule is CCCCCCCCC(NN)c1ccc(Br)cc1Br. The van der Waals surface area contributed by atoms with E-state index in [9.17, 15) is 0 Å². The van der Waals surface area contributed by atoms with Gasteiger partial charge in [-0.25, -0.2) is 0 Å². The molecule has 0 bridgehead atoms. The fraction of sp³-hybridized carbons (Fsp3) is 0.600. The Morgan fingerprint density at radius 1 is 1.11 bits per heavy atom. The van der Waals surface area contributed by atoms with Crippen molar-refractivity contribution in [2.45, 2.75) is 57.9 Å². The number of benzene rings is 1. The summed E-state index contributed by atoms with van der Waals surface area (Å²) in [7, 11) is 0. The van der Waals surface area contributed by atoms with Gasteiger partial charge in [-0.2, -0.15) is 0 Å². The van der Waals surface area contributed by atoms with Gasteiger partial charge in [0.25, 0.3) is 0 Å². The average Bonchev–Trinajstić information content (AvgIpc) is 2.39. The highest BCUT2D eigenvalue weighted by molar-refractivity contribution is 9.11. The highest BCUT2D eigenvalue weighted by atomic mass is 79.9. The molecule has 1 rings (SSSR count). The molecule has 1 unspecified atom stereocenters. The molecular formula is C15H24Br2N2. The van der Waals surface area contributed by atoms with Gasteiger partial charge in [-0.1, -0.05) is 83.4 Å². The molecule has 3 N–H and O–H groups in total. The van der Waals surface area contributed by atoms with Crippen LogP contribution in [0.3, 0.4) is 0 Å². The first-order chi connectivity index (χ1) is 9.19. The van der Waals surface area contributed by atoms with Crippen molar-refractivity contribution >= 4 is 31.9 Å². The Kier molecular flexibility index (Phi) is 8.95. The number of hydrogen-bond donors (Lipinski definition) is 2. The molecule has 0 fully saturated rings. The zero-order valence-electron chi connectivity index (χ0n) is 11.6. The van der Waals surface area contributed by atoms with E-state index in [4.69, 9.17) is 5.84 Å². The van der Waals surface area contributed by atoms with Gasteiger partial charge in [0.2, 0.25) is 0 Å². The van der Waals surface area contributed by atoms with Gasteiger partial charge in [-0.05, 0) is 24.1 Å². The standard InChI is InChI=1S/C15H24Br2N2/c1-2-3-4-5-6-7-8-15(19-18)13-10-9-12(16)11-14(13)17/h9-11,15,19H,2-8,18H2,1H3. The van der Waals surface area contributed by atoms with Gasteiger partial charge < -0.3 is 0 Å². The second kappa shape index (κ2) is 9.92. The van der Waals surface area contributed by atoms with Crippen molar-refractivity contribution in [3.8, 4) is 0 Å². The highest BCUT2D eigenvalue weighted by Gasteiger charge is 2.12. The van der Waals surface area contributed by atoms with Gasteiger partial charge in [0.15, 0.2) is 0 Å².